The number of nitrogens with one attached hydrogen (secondary N) is 1. The van der Waals surface area contributed by atoms with Crippen molar-refractivity contribution in [2.75, 3.05) is 5.75 Å². The summed E-state index contributed by atoms with van der Waals surface area (Å²) in [4.78, 5) is 12.0. The fourth-order valence-corrected chi connectivity index (χ4v) is 2.31. The predicted molar refractivity (Wildman–Crippen MR) is 65.0 cm³/mol. The van der Waals surface area contributed by atoms with Crippen LogP contribution in [0.3, 0.4) is 0 Å². The second-order valence-corrected chi connectivity index (χ2v) is 4.70. The molecule has 0 saturated heterocycles. The van der Waals surface area contributed by atoms with E-state index in [2.05, 4.69) is 5.43 Å². The van der Waals surface area contributed by atoms with Gasteiger partial charge in [0.05, 0.1) is 6.26 Å². The summed E-state index contributed by atoms with van der Waals surface area (Å²) in [6.07, 6.45) is 5.29. The second kappa shape index (κ2) is 7.35. The van der Waals surface area contributed by atoms with Crippen LogP contribution in [0.2, 0.25) is 0 Å². The van der Waals surface area contributed by atoms with Crippen LogP contribution in [0.15, 0.2) is 21.6 Å². The molecule has 0 aliphatic heterocycles. The zero-order valence-electron chi connectivity index (χ0n) is 9.49. The molecule has 1 rings (SSSR count). The fourth-order valence-electron chi connectivity index (χ4n) is 1.34. The van der Waals surface area contributed by atoms with Gasteiger partial charge in [0.15, 0.2) is 0 Å². The van der Waals surface area contributed by atoms with E-state index in [-0.39, 0.29) is 5.91 Å². The van der Waals surface area contributed by atoms with Crippen molar-refractivity contribution in [3.05, 3.63) is 18.1 Å². The van der Waals surface area contributed by atoms with Gasteiger partial charge < -0.3 is 4.42 Å². The molecule has 5 heteroatoms. The summed E-state index contributed by atoms with van der Waals surface area (Å²) >= 11 is 1.80. The molecule has 0 bridgehead atoms. The van der Waals surface area contributed by atoms with Gasteiger partial charge in [0.2, 0.25) is 5.91 Å². The first kappa shape index (κ1) is 13.1. The first-order valence-corrected chi connectivity index (χ1v) is 6.39. The topological polar surface area (TPSA) is 68.3 Å². The number of carbonyl (C=O) groups excluding carboxylic acids is 1. The average Bonchev–Trinajstić information content (AvgIpc) is 2.69. The Balaban J connectivity index is 2.00. The van der Waals surface area contributed by atoms with Crippen molar-refractivity contribution >= 4 is 17.7 Å². The van der Waals surface area contributed by atoms with E-state index in [1.54, 1.807) is 18.0 Å². The summed E-state index contributed by atoms with van der Waals surface area (Å²) < 4.78 is 5.20. The molecular formula is C11H18N2O2S. The number of hydrogen-bond donors (Lipinski definition) is 2. The molecule has 0 fully saturated rings. The van der Waals surface area contributed by atoms with Crippen LogP contribution in [0.4, 0.5) is 0 Å². The Kier molecular flexibility index (Phi) is 6.03. The number of unbranched alkanes of at least 4 members (excludes halogenated alkanes) is 2. The predicted octanol–water partition coefficient (Wildman–Crippen LogP) is 2.23. The number of nitrogens with two attached hydrogens (primary N) is 1. The van der Waals surface area contributed by atoms with E-state index in [4.69, 9.17) is 10.3 Å². The SMILES string of the molecule is Cc1occc1SCCCCCC(=O)NN. The molecule has 90 valence electrons. The lowest BCUT2D eigenvalue weighted by atomic mass is 10.2. The Morgan fingerprint density at radius 2 is 2.31 bits per heavy atom. The summed E-state index contributed by atoms with van der Waals surface area (Å²) in [7, 11) is 0. The van der Waals surface area contributed by atoms with Gasteiger partial charge >= 0.3 is 0 Å². The second-order valence-electron chi connectivity index (χ2n) is 3.57. The summed E-state index contributed by atoms with van der Waals surface area (Å²) in [5.74, 6) is 6.93. The molecular weight excluding hydrogens is 224 g/mol. The molecule has 0 spiro atoms. The van der Waals surface area contributed by atoms with Crippen LogP contribution in [0.5, 0.6) is 0 Å². The average molecular weight is 242 g/mol. The van der Waals surface area contributed by atoms with Crippen molar-refractivity contribution < 1.29 is 9.21 Å². The number of rotatable bonds is 7. The number of furan rings is 1. The molecule has 0 aromatic carbocycles. The normalized spacial score (nSPS) is 10.4. The van der Waals surface area contributed by atoms with Gasteiger partial charge in [0.1, 0.15) is 5.76 Å². The Morgan fingerprint density at radius 3 is 2.94 bits per heavy atom. The fraction of sp³-hybridized carbons (Fsp3) is 0.545. The van der Waals surface area contributed by atoms with Crippen molar-refractivity contribution in [1.29, 1.82) is 0 Å². The largest absolute Gasteiger partial charge is 0.468 e. The van der Waals surface area contributed by atoms with E-state index in [0.29, 0.717) is 6.42 Å². The van der Waals surface area contributed by atoms with E-state index in [0.717, 1.165) is 30.8 Å². The van der Waals surface area contributed by atoms with Gasteiger partial charge in [-0.2, -0.15) is 0 Å². The lowest BCUT2D eigenvalue weighted by Crippen LogP contribution is -2.29. The summed E-state index contributed by atoms with van der Waals surface area (Å²) in [5, 5.41) is 0. The van der Waals surface area contributed by atoms with Gasteiger partial charge in [0.25, 0.3) is 0 Å². The van der Waals surface area contributed by atoms with Crippen molar-refractivity contribution in [2.45, 2.75) is 37.5 Å². The monoisotopic (exact) mass is 242 g/mol. The van der Waals surface area contributed by atoms with Gasteiger partial charge in [-0.3, -0.25) is 10.2 Å². The van der Waals surface area contributed by atoms with Crippen LogP contribution in [0.25, 0.3) is 0 Å². The summed E-state index contributed by atoms with van der Waals surface area (Å²) in [5.41, 5.74) is 2.13. The zero-order chi connectivity index (χ0) is 11.8. The van der Waals surface area contributed by atoms with Gasteiger partial charge in [-0.05, 0) is 31.6 Å². The molecule has 16 heavy (non-hydrogen) atoms. The van der Waals surface area contributed by atoms with Crippen LogP contribution < -0.4 is 11.3 Å². The first-order valence-electron chi connectivity index (χ1n) is 5.40. The molecule has 0 radical (unpaired) electrons. The quantitative estimate of drug-likeness (QED) is 0.253. The molecule has 0 unspecified atom stereocenters. The maximum absolute atomic E-state index is 10.8. The highest BCUT2D eigenvalue weighted by Crippen LogP contribution is 2.24. The number of hydrogen-bond acceptors (Lipinski definition) is 4. The third-order valence-corrected chi connectivity index (χ3v) is 3.51. The van der Waals surface area contributed by atoms with Crippen molar-refractivity contribution in [1.82, 2.24) is 5.43 Å². The minimum atomic E-state index is -0.0849. The van der Waals surface area contributed by atoms with Crippen LogP contribution in [-0.2, 0) is 4.79 Å². The molecule has 0 aliphatic carbocycles. The van der Waals surface area contributed by atoms with Crippen LogP contribution in [0, 0.1) is 6.92 Å². The Morgan fingerprint density at radius 1 is 1.50 bits per heavy atom. The number of carbonyl (C=O) groups is 1. The Hall–Kier alpha value is -0.940. The number of aryl methyl sites for hydroxylation is 1. The Labute approximate surface area is 99.9 Å². The third-order valence-electron chi connectivity index (χ3n) is 2.28. The van der Waals surface area contributed by atoms with Crippen LogP contribution >= 0.6 is 11.8 Å². The van der Waals surface area contributed by atoms with E-state index in [1.165, 1.54) is 4.90 Å². The van der Waals surface area contributed by atoms with Gasteiger partial charge in [-0.1, -0.05) is 6.42 Å². The highest BCUT2D eigenvalue weighted by atomic mass is 32.2. The number of thioether (sulfide) groups is 1. The van der Waals surface area contributed by atoms with E-state index >= 15 is 0 Å². The maximum atomic E-state index is 10.8. The summed E-state index contributed by atoms with van der Waals surface area (Å²) in [6.45, 7) is 1.97. The Bertz CT molecular complexity index is 326. The molecule has 1 aromatic heterocycles. The molecule has 1 aromatic rings. The van der Waals surface area contributed by atoms with Gasteiger partial charge in [-0.15, -0.1) is 11.8 Å². The van der Waals surface area contributed by atoms with Crippen LogP contribution in [0.1, 0.15) is 31.4 Å². The van der Waals surface area contributed by atoms with E-state index in [9.17, 15) is 4.79 Å². The lowest BCUT2D eigenvalue weighted by molar-refractivity contribution is -0.121. The highest BCUT2D eigenvalue weighted by molar-refractivity contribution is 7.99. The molecule has 4 nitrogen and oxygen atoms in total. The first-order chi connectivity index (χ1) is 7.74. The van der Waals surface area contributed by atoms with Gasteiger partial charge in [-0.25, -0.2) is 5.84 Å². The zero-order valence-corrected chi connectivity index (χ0v) is 10.3. The van der Waals surface area contributed by atoms with Crippen LogP contribution in [-0.4, -0.2) is 11.7 Å². The third kappa shape index (κ3) is 4.72. The minimum Gasteiger partial charge on any atom is -0.468 e. The molecule has 1 heterocycles. The number of hydrazine groups is 1. The standard InChI is InChI=1S/C11H18N2O2S/c1-9-10(6-7-15-9)16-8-4-2-3-5-11(14)13-12/h6-7H,2-5,8,12H2,1H3,(H,13,14). The molecule has 0 saturated carbocycles. The van der Waals surface area contributed by atoms with Gasteiger partial charge in [0, 0.05) is 11.3 Å². The summed E-state index contributed by atoms with van der Waals surface area (Å²) in [6, 6.07) is 1.99. The molecule has 0 atom stereocenters. The minimum absolute atomic E-state index is 0.0849. The highest BCUT2D eigenvalue weighted by Gasteiger charge is 2.01. The molecule has 1 amide bonds. The maximum Gasteiger partial charge on any atom is 0.233 e. The van der Waals surface area contributed by atoms with Crippen molar-refractivity contribution in [3.63, 3.8) is 0 Å². The van der Waals surface area contributed by atoms with E-state index in [1.807, 2.05) is 13.0 Å². The smallest absolute Gasteiger partial charge is 0.233 e. The number of amides is 1. The van der Waals surface area contributed by atoms with Crippen molar-refractivity contribution in [3.8, 4) is 0 Å². The molecule has 0 aliphatic rings. The van der Waals surface area contributed by atoms with E-state index < -0.39 is 0 Å². The lowest BCUT2D eigenvalue weighted by Gasteiger charge is -2.01. The molecule has 3 N–H and O–H groups in total. The van der Waals surface area contributed by atoms with Crippen molar-refractivity contribution in [2.24, 2.45) is 5.84 Å².